The normalized spacial score (nSPS) is 9.08. The minimum atomic E-state index is 0. The molecular formula is C9H22ClNO. The van der Waals surface area contributed by atoms with Crippen molar-refractivity contribution in [3.8, 4) is 0 Å². The van der Waals surface area contributed by atoms with Crippen molar-refractivity contribution in [2.45, 2.75) is 6.92 Å². The molecule has 0 aromatic rings. The fourth-order valence-electron chi connectivity index (χ4n) is 0.365. The minimum Gasteiger partial charge on any atom is -1.00 e. The molecule has 0 aliphatic carbocycles. The molecule has 0 unspecified atom stereocenters. The lowest BCUT2D eigenvalue weighted by Crippen LogP contribution is -3.00. The summed E-state index contributed by atoms with van der Waals surface area (Å²) in [6.45, 7) is 7.18. The van der Waals surface area contributed by atoms with Gasteiger partial charge in [-0.2, -0.15) is 0 Å². The van der Waals surface area contributed by atoms with Crippen LogP contribution in [0.3, 0.4) is 0 Å². The van der Waals surface area contributed by atoms with Gasteiger partial charge in [-0.3, -0.25) is 0 Å². The lowest BCUT2D eigenvalue weighted by Gasteiger charge is -2.22. The van der Waals surface area contributed by atoms with Gasteiger partial charge in [-0.15, -0.1) is 6.58 Å². The van der Waals surface area contributed by atoms with E-state index >= 15 is 0 Å². The molecule has 0 aliphatic rings. The zero-order chi connectivity index (χ0) is 9.33. The van der Waals surface area contributed by atoms with Crippen molar-refractivity contribution >= 4 is 0 Å². The van der Waals surface area contributed by atoms with E-state index < -0.39 is 0 Å². The lowest BCUT2D eigenvalue weighted by molar-refractivity contribution is -0.870. The van der Waals surface area contributed by atoms with E-state index in [4.69, 9.17) is 4.74 Å². The number of hydrogen-bond acceptors (Lipinski definition) is 1. The van der Waals surface area contributed by atoms with Gasteiger partial charge in [0.1, 0.15) is 6.54 Å². The first kappa shape index (κ1) is 17.9. The number of halogens is 1. The van der Waals surface area contributed by atoms with E-state index in [2.05, 4.69) is 27.7 Å². The van der Waals surface area contributed by atoms with Crippen LogP contribution >= 0.6 is 0 Å². The van der Waals surface area contributed by atoms with Crippen molar-refractivity contribution in [2.75, 3.05) is 41.4 Å². The molecule has 2 nitrogen and oxygen atoms in total. The number of nitrogens with zero attached hydrogens (tertiary/aromatic N) is 1. The number of allylic oxidation sites excluding steroid dienone is 1. The Balaban J connectivity index is -0.000000177. The van der Waals surface area contributed by atoms with Crippen molar-refractivity contribution in [3.63, 3.8) is 0 Å². The van der Waals surface area contributed by atoms with Gasteiger partial charge in [0.15, 0.2) is 0 Å². The lowest BCUT2D eigenvalue weighted by atomic mass is 10.5. The summed E-state index contributed by atoms with van der Waals surface area (Å²) in [4.78, 5) is 0. The Morgan fingerprint density at radius 1 is 1.33 bits per heavy atom. The van der Waals surface area contributed by atoms with Crippen LogP contribution in [0.25, 0.3) is 0 Å². The molecule has 0 fully saturated rings. The smallest absolute Gasteiger partial charge is 0.102 e. The Kier molecular flexibility index (Phi) is 16.3. The predicted molar refractivity (Wildman–Crippen MR) is 50.6 cm³/mol. The number of ether oxygens (including phenoxy) is 1. The van der Waals surface area contributed by atoms with Gasteiger partial charge in [-0.05, 0) is 6.92 Å². The maximum absolute atomic E-state index is 4.90. The molecule has 0 amide bonds. The van der Waals surface area contributed by atoms with Crippen molar-refractivity contribution in [2.24, 2.45) is 0 Å². The Morgan fingerprint density at radius 2 is 1.67 bits per heavy atom. The molecule has 0 radical (unpaired) electrons. The SMILES string of the molecule is C=CC.COCC[N+](C)(C)C.[Cl-]. The van der Waals surface area contributed by atoms with Crippen LogP contribution in [0.2, 0.25) is 0 Å². The Bertz CT molecular complexity index is 89.0. The zero-order valence-corrected chi connectivity index (χ0v) is 9.69. The third kappa shape index (κ3) is 32.5. The molecule has 0 rings (SSSR count). The highest BCUT2D eigenvalue weighted by Crippen LogP contribution is 1.87. The summed E-state index contributed by atoms with van der Waals surface area (Å²) >= 11 is 0. The predicted octanol–water partition coefficient (Wildman–Crippen LogP) is -1.46. The van der Waals surface area contributed by atoms with Gasteiger partial charge in [-0.1, -0.05) is 6.08 Å². The summed E-state index contributed by atoms with van der Waals surface area (Å²) in [5, 5.41) is 0. The maximum atomic E-state index is 4.90. The third-order valence-electron chi connectivity index (χ3n) is 0.966. The first-order chi connectivity index (χ1) is 4.97. The van der Waals surface area contributed by atoms with Gasteiger partial charge in [0.05, 0.1) is 27.7 Å². The van der Waals surface area contributed by atoms with E-state index in [1.807, 2.05) is 6.92 Å². The molecule has 3 heteroatoms. The molecule has 0 aliphatic heterocycles. The number of quaternary nitrogens is 1. The molecule has 12 heavy (non-hydrogen) atoms. The minimum absolute atomic E-state index is 0. The van der Waals surface area contributed by atoms with Crippen molar-refractivity contribution in [1.82, 2.24) is 0 Å². The molecular weight excluding hydrogens is 174 g/mol. The molecule has 0 saturated carbocycles. The average Bonchev–Trinajstić information content (AvgIpc) is 1.84. The summed E-state index contributed by atoms with van der Waals surface area (Å²) in [5.74, 6) is 0. The summed E-state index contributed by atoms with van der Waals surface area (Å²) < 4.78 is 5.88. The summed E-state index contributed by atoms with van der Waals surface area (Å²) in [5.41, 5.74) is 0. The summed E-state index contributed by atoms with van der Waals surface area (Å²) in [6.07, 6.45) is 1.75. The van der Waals surface area contributed by atoms with E-state index in [1.54, 1.807) is 13.2 Å². The van der Waals surface area contributed by atoms with E-state index in [0.29, 0.717) is 0 Å². The molecule has 0 N–H and O–H groups in total. The van der Waals surface area contributed by atoms with Crippen LogP contribution in [0.4, 0.5) is 0 Å². The Labute approximate surface area is 83.2 Å². The van der Waals surface area contributed by atoms with Gasteiger partial charge < -0.3 is 21.6 Å². The first-order valence-electron chi connectivity index (χ1n) is 3.84. The fraction of sp³-hybridized carbons (Fsp3) is 0.778. The molecule has 0 spiro atoms. The van der Waals surface area contributed by atoms with Crippen molar-refractivity contribution in [3.05, 3.63) is 12.7 Å². The molecule has 76 valence electrons. The number of likely N-dealkylation sites (N-methyl/N-ethyl adjacent to an activating group) is 1. The molecule has 0 aromatic heterocycles. The monoisotopic (exact) mass is 195 g/mol. The summed E-state index contributed by atoms with van der Waals surface area (Å²) in [6, 6.07) is 0. The first-order valence-corrected chi connectivity index (χ1v) is 3.84. The quantitative estimate of drug-likeness (QED) is 0.395. The Morgan fingerprint density at radius 3 is 1.75 bits per heavy atom. The molecule has 0 aromatic carbocycles. The van der Waals surface area contributed by atoms with Crippen molar-refractivity contribution in [1.29, 1.82) is 0 Å². The van der Waals surface area contributed by atoms with Crippen LogP contribution in [-0.4, -0.2) is 45.9 Å². The van der Waals surface area contributed by atoms with E-state index in [9.17, 15) is 0 Å². The third-order valence-corrected chi connectivity index (χ3v) is 0.966. The van der Waals surface area contributed by atoms with Gasteiger partial charge in [-0.25, -0.2) is 0 Å². The second-order valence-electron chi connectivity index (χ2n) is 3.41. The fourth-order valence-corrected chi connectivity index (χ4v) is 0.365. The van der Waals surface area contributed by atoms with Gasteiger partial charge in [0.25, 0.3) is 0 Å². The molecule has 0 bridgehead atoms. The Hall–Kier alpha value is -0.0500. The van der Waals surface area contributed by atoms with E-state index in [-0.39, 0.29) is 12.4 Å². The van der Waals surface area contributed by atoms with Crippen LogP contribution < -0.4 is 12.4 Å². The van der Waals surface area contributed by atoms with Crippen LogP contribution in [-0.2, 0) is 4.74 Å². The second kappa shape index (κ2) is 11.0. The van der Waals surface area contributed by atoms with E-state index in [0.717, 1.165) is 17.6 Å². The van der Waals surface area contributed by atoms with Crippen LogP contribution in [0.1, 0.15) is 6.92 Å². The number of methoxy groups -OCH3 is 1. The standard InChI is InChI=1S/C6H16NO.C3H6.ClH/c1-7(2,3)5-6-8-4;1-3-2;/h5-6H2,1-4H3;3H,1H2,2H3;1H/q+1;;/p-1. The van der Waals surface area contributed by atoms with Gasteiger partial charge in [0, 0.05) is 7.11 Å². The topological polar surface area (TPSA) is 9.23 Å². The average molecular weight is 196 g/mol. The molecule has 0 heterocycles. The second-order valence-corrected chi connectivity index (χ2v) is 3.41. The number of hydrogen-bond donors (Lipinski definition) is 0. The highest BCUT2D eigenvalue weighted by Gasteiger charge is 2.03. The van der Waals surface area contributed by atoms with Crippen LogP contribution in [0, 0.1) is 0 Å². The molecule has 0 atom stereocenters. The van der Waals surface area contributed by atoms with Crippen LogP contribution in [0.15, 0.2) is 12.7 Å². The van der Waals surface area contributed by atoms with Gasteiger partial charge >= 0.3 is 0 Å². The zero-order valence-electron chi connectivity index (χ0n) is 8.93. The number of rotatable bonds is 3. The van der Waals surface area contributed by atoms with E-state index in [1.165, 1.54) is 0 Å². The van der Waals surface area contributed by atoms with Gasteiger partial charge in [0.2, 0.25) is 0 Å². The highest BCUT2D eigenvalue weighted by atomic mass is 35.5. The maximum Gasteiger partial charge on any atom is 0.102 e. The highest BCUT2D eigenvalue weighted by molar-refractivity contribution is 4.51. The largest absolute Gasteiger partial charge is 1.00 e. The van der Waals surface area contributed by atoms with Crippen molar-refractivity contribution < 1.29 is 21.6 Å². The summed E-state index contributed by atoms with van der Waals surface area (Å²) in [7, 11) is 8.19. The van der Waals surface area contributed by atoms with Crippen LogP contribution in [0.5, 0.6) is 0 Å². The molecule has 0 saturated heterocycles.